The largest absolute Gasteiger partial charge is 0.363 e. The lowest BCUT2D eigenvalue weighted by atomic mass is 9.72. The quantitative estimate of drug-likeness (QED) is 0.778. The number of piperidine rings is 1. The maximum atomic E-state index is 12.5. The van der Waals surface area contributed by atoms with Crippen LogP contribution >= 0.6 is 0 Å². The molecule has 3 rings (SSSR count). The van der Waals surface area contributed by atoms with Gasteiger partial charge in [-0.05, 0) is 42.7 Å². The number of imide groups is 1. The maximum absolute atomic E-state index is 12.5. The molecule has 1 aromatic carbocycles. The zero-order valence-electron chi connectivity index (χ0n) is 16.3. The Kier molecular flexibility index (Phi) is 5.44. The van der Waals surface area contributed by atoms with Gasteiger partial charge < -0.3 is 10.2 Å². The van der Waals surface area contributed by atoms with E-state index in [0.717, 1.165) is 5.56 Å². The van der Waals surface area contributed by atoms with Crippen LogP contribution in [0.5, 0.6) is 0 Å². The van der Waals surface area contributed by atoms with Crippen LogP contribution in [0.2, 0.25) is 0 Å². The summed E-state index contributed by atoms with van der Waals surface area (Å²) in [5, 5.41) is 5.31. The summed E-state index contributed by atoms with van der Waals surface area (Å²) in [5.74, 6) is -0.0151. The predicted octanol–water partition coefficient (Wildman–Crippen LogP) is 2.48. The van der Waals surface area contributed by atoms with E-state index in [9.17, 15) is 14.4 Å². The van der Waals surface area contributed by atoms with Gasteiger partial charge in [0.2, 0.25) is 11.8 Å². The molecule has 0 radical (unpaired) electrons. The average molecular weight is 380 g/mol. The first-order valence-corrected chi connectivity index (χ1v) is 9.25. The third kappa shape index (κ3) is 3.74. The van der Waals surface area contributed by atoms with Gasteiger partial charge in [0.15, 0.2) is 0 Å². The first-order valence-electron chi connectivity index (χ1n) is 9.25. The summed E-state index contributed by atoms with van der Waals surface area (Å²) in [6.45, 7) is 1.94. The van der Waals surface area contributed by atoms with Gasteiger partial charge in [0, 0.05) is 38.0 Å². The minimum absolute atomic E-state index is 0.229. The average Bonchev–Trinajstić information content (AvgIpc) is 2.69. The molecule has 2 aromatic rings. The van der Waals surface area contributed by atoms with Gasteiger partial charge in [0.05, 0.1) is 5.41 Å². The molecule has 1 saturated heterocycles. The zero-order valence-corrected chi connectivity index (χ0v) is 16.3. The Hall–Kier alpha value is -3.22. The molecule has 0 bridgehead atoms. The highest BCUT2D eigenvalue weighted by Crippen LogP contribution is 2.36. The number of benzene rings is 1. The van der Waals surface area contributed by atoms with E-state index in [1.165, 1.54) is 0 Å². The molecule has 1 aromatic heterocycles. The fourth-order valence-corrected chi connectivity index (χ4v) is 3.45. The van der Waals surface area contributed by atoms with E-state index < -0.39 is 5.41 Å². The lowest BCUT2D eigenvalue weighted by Gasteiger charge is -2.35. The van der Waals surface area contributed by atoms with E-state index in [0.29, 0.717) is 36.3 Å². The Morgan fingerprint density at radius 1 is 1.21 bits per heavy atom. The molecule has 3 amide bonds. The number of rotatable bonds is 5. The number of carbonyl (C=O) groups excluding carboxylic acids is 3. The lowest BCUT2D eigenvalue weighted by molar-refractivity contribution is -0.138. The third-order valence-corrected chi connectivity index (χ3v) is 5.23. The van der Waals surface area contributed by atoms with Gasteiger partial charge in [-0.2, -0.15) is 0 Å². The van der Waals surface area contributed by atoms with Gasteiger partial charge >= 0.3 is 0 Å². The van der Waals surface area contributed by atoms with Crippen molar-refractivity contribution in [1.82, 2.24) is 10.3 Å². The number of carbonyl (C=O) groups is 3. The smallest absolute Gasteiger partial charge is 0.255 e. The van der Waals surface area contributed by atoms with Crippen LogP contribution in [0, 0.1) is 0 Å². The second-order valence-corrected chi connectivity index (χ2v) is 7.14. The topological polar surface area (TPSA) is 91.4 Å². The molecule has 1 unspecified atom stereocenters. The van der Waals surface area contributed by atoms with Crippen LogP contribution in [0.25, 0.3) is 0 Å². The Morgan fingerprint density at radius 3 is 2.54 bits per heavy atom. The molecule has 1 atom stereocenters. The SMILES string of the molecule is CCC1(c2ccc(NC(=O)c3ccnc(N(C)C)c3)cc2)CCC(=O)NC1=O. The maximum Gasteiger partial charge on any atom is 0.255 e. The Labute approximate surface area is 164 Å². The van der Waals surface area contributed by atoms with Gasteiger partial charge in [0.25, 0.3) is 5.91 Å². The summed E-state index contributed by atoms with van der Waals surface area (Å²) in [7, 11) is 3.72. The van der Waals surface area contributed by atoms with Crippen molar-refractivity contribution < 1.29 is 14.4 Å². The number of hydrogen-bond acceptors (Lipinski definition) is 5. The highest BCUT2D eigenvalue weighted by molar-refractivity contribution is 6.05. The second-order valence-electron chi connectivity index (χ2n) is 7.14. The summed E-state index contributed by atoms with van der Waals surface area (Å²) in [6.07, 6.45) is 3.02. The number of hydrogen-bond donors (Lipinski definition) is 2. The van der Waals surface area contributed by atoms with Crippen LogP contribution in [-0.4, -0.2) is 36.8 Å². The highest BCUT2D eigenvalue weighted by Gasteiger charge is 2.42. The summed E-state index contributed by atoms with van der Waals surface area (Å²) in [6, 6.07) is 10.6. The van der Waals surface area contributed by atoms with E-state index in [2.05, 4.69) is 15.6 Å². The second kappa shape index (κ2) is 7.80. The molecule has 2 N–H and O–H groups in total. The van der Waals surface area contributed by atoms with Crippen molar-refractivity contribution >= 4 is 29.2 Å². The van der Waals surface area contributed by atoms with E-state index in [4.69, 9.17) is 0 Å². The van der Waals surface area contributed by atoms with Gasteiger partial charge in [-0.15, -0.1) is 0 Å². The molecule has 0 aliphatic carbocycles. The van der Waals surface area contributed by atoms with Crippen LogP contribution in [-0.2, 0) is 15.0 Å². The van der Waals surface area contributed by atoms with Crippen molar-refractivity contribution in [3.05, 3.63) is 53.7 Å². The van der Waals surface area contributed by atoms with Crippen LogP contribution in [0.15, 0.2) is 42.6 Å². The molecule has 1 fully saturated rings. The third-order valence-electron chi connectivity index (χ3n) is 5.23. The molecule has 1 aliphatic heterocycles. The van der Waals surface area contributed by atoms with Crippen LogP contribution in [0.3, 0.4) is 0 Å². The molecular weight excluding hydrogens is 356 g/mol. The molecule has 2 heterocycles. The predicted molar refractivity (Wildman–Crippen MR) is 107 cm³/mol. The monoisotopic (exact) mass is 380 g/mol. The van der Waals surface area contributed by atoms with E-state index >= 15 is 0 Å². The highest BCUT2D eigenvalue weighted by atomic mass is 16.2. The first kappa shape index (κ1) is 19.5. The molecular formula is C21H24N4O3. The summed E-state index contributed by atoms with van der Waals surface area (Å²) >= 11 is 0. The van der Waals surface area contributed by atoms with Gasteiger partial charge in [-0.1, -0.05) is 19.1 Å². The fraction of sp³-hybridized carbons (Fsp3) is 0.333. The van der Waals surface area contributed by atoms with Crippen molar-refractivity contribution in [3.8, 4) is 0 Å². The Balaban J connectivity index is 1.77. The van der Waals surface area contributed by atoms with Crippen molar-refractivity contribution in [1.29, 1.82) is 0 Å². The van der Waals surface area contributed by atoms with Gasteiger partial charge in [0.1, 0.15) is 5.82 Å². The van der Waals surface area contributed by atoms with Crippen LogP contribution in [0.4, 0.5) is 11.5 Å². The number of pyridine rings is 1. The number of anilines is 2. The Bertz CT molecular complexity index is 908. The normalized spacial score (nSPS) is 19.1. The van der Waals surface area contributed by atoms with Crippen molar-refractivity contribution in [3.63, 3.8) is 0 Å². The standard InChI is InChI=1S/C21H24N4O3/c1-4-21(11-9-18(26)24-20(21)28)15-5-7-16(8-6-15)23-19(27)14-10-12-22-17(13-14)25(2)3/h5-8,10,12-13H,4,9,11H2,1-3H3,(H,23,27)(H,24,26,28). The van der Waals surface area contributed by atoms with E-state index in [-0.39, 0.29) is 17.7 Å². The lowest BCUT2D eigenvalue weighted by Crippen LogP contribution is -2.51. The minimum atomic E-state index is -0.706. The van der Waals surface area contributed by atoms with Crippen LogP contribution in [0.1, 0.15) is 42.1 Å². The van der Waals surface area contributed by atoms with E-state index in [1.807, 2.05) is 38.1 Å². The molecule has 28 heavy (non-hydrogen) atoms. The Morgan fingerprint density at radius 2 is 1.93 bits per heavy atom. The van der Waals surface area contributed by atoms with Crippen molar-refractivity contribution in [2.75, 3.05) is 24.3 Å². The molecule has 0 spiro atoms. The van der Waals surface area contributed by atoms with Gasteiger partial charge in [-0.25, -0.2) is 4.98 Å². The van der Waals surface area contributed by atoms with Crippen molar-refractivity contribution in [2.24, 2.45) is 0 Å². The number of amides is 3. The van der Waals surface area contributed by atoms with Crippen LogP contribution < -0.4 is 15.5 Å². The van der Waals surface area contributed by atoms with E-state index in [1.54, 1.807) is 30.5 Å². The minimum Gasteiger partial charge on any atom is -0.363 e. The molecule has 146 valence electrons. The summed E-state index contributed by atoms with van der Waals surface area (Å²) in [4.78, 5) is 42.5. The molecule has 7 nitrogen and oxygen atoms in total. The van der Waals surface area contributed by atoms with Crippen molar-refractivity contribution in [2.45, 2.75) is 31.6 Å². The molecule has 0 saturated carbocycles. The van der Waals surface area contributed by atoms with Gasteiger partial charge in [-0.3, -0.25) is 19.7 Å². The fourth-order valence-electron chi connectivity index (χ4n) is 3.45. The number of aromatic nitrogens is 1. The molecule has 7 heteroatoms. The summed E-state index contributed by atoms with van der Waals surface area (Å²) in [5.41, 5.74) is 1.28. The number of nitrogens with zero attached hydrogens (tertiary/aromatic N) is 2. The first-order chi connectivity index (χ1) is 13.4. The number of nitrogens with one attached hydrogen (secondary N) is 2. The summed E-state index contributed by atoms with van der Waals surface area (Å²) < 4.78 is 0. The zero-order chi connectivity index (χ0) is 20.3. The molecule has 1 aliphatic rings.